The van der Waals surface area contributed by atoms with E-state index in [0.717, 1.165) is 62.6 Å². The van der Waals surface area contributed by atoms with Crippen LogP contribution < -0.4 is 10.7 Å². The van der Waals surface area contributed by atoms with Gasteiger partial charge in [-0.1, -0.05) is 19.9 Å². The number of nitrogens with zero attached hydrogens (tertiary/aromatic N) is 5. The molecule has 4 aromatic rings. The van der Waals surface area contributed by atoms with E-state index in [1.54, 1.807) is 18.2 Å². The largest absolute Gasteiger partial charge is 0.464 e. The van der Waals surface area contributed by atoms with Crippen molar-refractivity contribution in [3.63, 3.8) is 0 Å². The van der Waals surface area contributed by atoms with Crippen LogP contribution in [0.1, 0.15) is 83.2 Å². The van der Waals surface area contributed by atoms with Crippen LogP contribution >= 0.6 is 11.3 Å². The van der Waals surface area contributed by atoms with Crippen LogP contribution in [0.3, 0.4) is 0 Å². The Morgan fingerprint density at radius 2 is 2.00 bits per heavy atom. The van der Waals surface area contributed by atoms with E-state index in [9.17, 15) is 14.4 Å². The second-order valence-corrected chi connectivity index (χ2v) is 16.5. The summed E-state index contributed by atoms with van der Waals surface area (Å²) in [5.41, 5.74) is 9.65. The summed E-state index contributed by atoms with van der Waals surface area (Å²) in [4.78, 5) is 52.9. The van der Waals surface area contributed by atoms with Crippen LogP contribution in [-0.4, -0.2) is 86.8 Å². The minimum atomic E-state index is -0.875. The lowest BCUT2D eigenvalue weighted by Gasteiger charge is -2.45. The zero-order chi connectivity index (χ0) is 37.6. The normalized spacial score (nSPS) is 24.0. The lowest BCUT2D eigenvalue weighted by Crippen LogP contribution is -2.64. The minimum absolute atomic E-state index is 0.0957. The van der Waals surface area contributed by atoms with E-state index < -0.39 is 23.5 Å². The molecule has 0 aliphatic carbocycles. The standard InChI is InChI=1S/C40H51N7O5S/c1-8-45-33-14-13-26-18-28(33)29(36(45)27-11-9-15-41-35(27)25(4)51-7)20-40(5,6)22-52-38(49)30-12-10-16-46(44-30)37(48)31(19-34-42-32(26)21-53-34)43-39(50)47-23(2)17-24(47)3/h9,11,13-15,18,21,23-25,30-31,44H,8,10,12,16-17,19-20,22H2,1-7H3,(H,43,50)/t23-,24-,25-,30-,31-/m0/s1. The average Bonchev–Trinajstić information content (AvgIpc) is 3.74. The number of amides is 3. The van der Waals surface area contributed by atoms with Crippen LogP contribution in [0.15, 0.2) is 41.9 Å². The first kappa shape index (κ1) is 37.0. The third-order valence-electron chi connectivity index (χ3n) is 11.0. The predicted octanol–water partition coefficient (Wildman–Crippen LogP) is 6.28. The van der Waals surface area contributed by atoms with Crippen LogP contribution in [0, 0.1) is 5.41 Å². The predicted molar refractivity (Wildman–Crippen MR) is 205 cm³/mol. The highest BCUT2D eigenvalue weighted by molar-refractivity contribution is 7.10. The van der Waals surface area contributed by atoms with Crippen molar-refractivity contribution in [1.82, 2.24) is 35.2 Å². The number of carbonyl (C=O) groups is 3. The molecule has 2 saturated heterocycles. The number of hydrogen-bond donors (Lipinski definition) is 2. The number of urea groups is 1. The maximum Gasteiger partial charge on any atom is 0.324 e. The van der Waals surface area contributed by atoms with Gasteiger partial charge < -0.3 is 24.3 Å². The molecule has 13 heteroatoms. The van der Waals surface area contributed by atoms with Gasteiger partial charge in [-0.2, -0.15) is 0 Å². The highest BCUT2D eigenvalue weighted by Gasteiger charge is 2.40. The van der Waals surface area contributed by atoms with E-state index in [2.05, 4.69) is 60.3 Å². The van der Waals surface area contributed by atoms with Crippen molar-refractivity contribution in [3.8, 4) is 22.5 Å². The maximum absolute atomic E-state index is 14.2. The molecule has 3 aromatic heterocycles. The quantitative estimate of drug-likeness (QED) is 0.229. The number of hydrogen-bond acceptors (Lipinski definition) is 9. The third kappa shape index (κ3) is 7.18. The number of aryl methyl sites for hydroxylation is 1. The number of fused-ring (bicyclic) bond motifs is 6. The Kier molecular flexibility index (Phi) is 10.4. The van der Waals surface area contributed by atoms with Gasteiger partial charge in [0.25, 0.3) is 5.91 Å². The highest BCUT2D eigenvalue weighted by Crippen LogP contribution is 2.42. The molecule has 6 bridgehead atoms. The first-order valence-electron chi connectivity index (χ1n) is 18.8. The van der Waals surface area contributed by atoms with E-state index in [4.69, 9.17) is 19.4 Å². The summed E-state index contributed by atoms with van der Waals surface area (Å²) in [5, 5.41) is 8.37. The van der Waals surface area contributed by atoms with Crippen LogP contribution in [0.5, 0.6) is 0 Å². The van der Waals surface area contributed by atoms with Gasteiger partial charge in [0.1, 0.15) is 12.1 Å². The van der Waals surface area contributed by atoms with E-state index in [-0.39, 0.29) is 43.2 Å². The summed E-state index contributed by atoms with van der Waals surface area (Å²) in [5.74, 6) is -0.695. The van der Waals surface area contributed by atoms with Crippen molar-refractivity contribution in [2.75, 3.05) is 20.3 Å². The summed E-state index contributed by atoms with van der Waals surface area (Å²) >= 11 is 1.48. The zero-order valence-electron chi connectivity index (χ0n) is 31.8. The second-order valence-electron chi connectivity index (χ2n) is 15.6. The number of methoxy groups -OCH3 is 1. The van der Waals surface area contributed by atoms with Crippen molar-refractivity contribution >= 4 is 40.1 Å². The number of rotatable bonds is 5. The molecule has 0 spiro atoms. The number of hydrazine groups is 1. The molecule has 3 amide bonds. The molecule has 6 heterocycles. The molecule has 0 saturated carbocycles. The topological polar surface area (TPSA) is 131 Å². The van der Waals surface area contributed by atoms with Gasteiger partial charge >= 0.3 is 12.0 Å². The number of pyridine rings is 1. The number of ether oxygens (including phenoxy) is 2. The van der Waals surface area contributed by atoms with Crippen LogP contribution in [0.2, 0.25) is 0 Å². The van der Waals surface area contributed by atoms with Crippen LogP contribution in [-0.2, 0) is 38.4 Å². The fraction of sp³-hybridized carbons (Fsp3) is 0.525. The molecule has 3 aliphatic rings. The molecule has 3 aliphatic heterocycles. The number of benzene rings is 1. The molecule has 53 heavy (non-hydrogen) atoms. The average molecular weight is 742 g/mol. The van der Waals surface area contributed by atoms with Gasteiger partial charge in [-0.3, -0.25) is 19.6 Å². The minimum Gasteiger partial charge on any atom is -0.464 e. The van der Waals surface area contributed by atoms with E-state index >= 15 is 0 Å². The Labute approximate surface area is 315 Å². The van der Waals surface area contributed by atoms with E-state index in [1.807, 2.05) is 32.2 Å². The summed E-state index contributed by atoms with van der Waals surface area (Å²) in [7, 11) is 1.70. The first-order valence-corrected chi connectivity index (χ1v) is 19.7. The van der Waals surface area contributed by atoms with Gasteiger partial charge in [-0.15, -0.1) is 11.3 Å². The molecule has 5 atom stereocenters. The Hall–Kier alpha value is -4.33. The number of esters is 1. The molecule has 0 radical (unpaired) electrons. The lowest BCUT2D eigenvalue weighted by molar-refractivity contribution is -0.155. The van der Waals surface area contributed by atoms with Crippen molar-refractivity contribution in [2.24, 2.45) is 5.41 Å². The zero-order valence-corrected chi connectivity index (χ0v) is 32.6. The third-order valence-corrected chi connectivity index (χ3v) is 11.9. The summed E-state index contributed by atoms with van der Waals surface area (Å²) in [6.45, 7) is 13.8. The van der Waals surface area contributed by atoms with Gasteiger partial charge in [0.05, 0.1) is 34.8 Å². The van der Waals surface area contributed by atoms with Gasteiger partial charge in [0.2, 0.25) is 0 Å². The molecule has 1 aromatic carbocycles. The summed E-state index contributed by atoms with van der Waals surface area (Å²) in [6.07, 6.45) is 4.51. The second kappa shape index (κ2) is 14.8. The van der Waals surface area contributed by atoms with Crippen LogP contribution in [0.4, 0.5) is 4.79 Å². The number of aromatic nitrogens is 3. The number of nitrogens with one attached hydrogen (secondary N) is 2. The fourth-order valence-corrected chi connectivity index (χ4v) is 9.06. The van der Waals surface area contributed by atoms with E-state index in [1.165, 1.54) is 16.3 Å². The lowest BCUT2D eigenvalue weighted by atomic mass is 9.84. The number of carbonyl (C=O) groups excluding carboxylic acids is 3. The molecule has 2 fully saturated rings. The van der Waals surface area contributed by atoms with Crippen molar-refractivity contribution in [2.45, 2.75) is 110 Å². The smallest absolute Gasteiger partial charge is 0.324 e. The Morgan fingerprint density at radius 1 is 1.21 bits per heavy atom. The molecule has 282 valence electrons. The van der Waals surface area contributed by atoms with Crippen molar-refractivity contribution in [1.29, 1.82) is 0 Å². The van der Waals surface area contributed by atoms with Crippen molar-refractivity contribution in [3.05, 3.63) is 58.2 Å². The van der Waals surface area contributed by atoms with Crippen LogP contribution in [0.25, 0.3) is 33.4 Å². The Bertz CT molecular complexity index is 2010. The number of thiazole rings is 1. The molecule has 0 unspecified atom stereocenters. The molecule has 7 rings (SSSR count). The van der Waals surface area contributed by atoms with E-state index in [0.29, 0.717) is 25.8 Å². The Balaban J connectivity index is 1.35. The SMILES string of the molecule is CCn1c(-c2cccnc2[C@H](C)OC)c2c3cc(ccc31)-c1csc(n1)C[C@H](NC(=O)N1[C@@H](C)C[C@@H]1C)C(=O)N1CCC[C@H](N1)C(=O)OCC(C)(C)C2. The molecule has 12 nitrogen and oxygen atoms in total. The fourth-order valence-electron chi connectivity index (χ4n) is 8.21. The molecular weight excluding hydrogens is 691 g/mol. The summed E-state index contributed by atoms with van der Waals surface area (Å²) in [6, 6.07) is 8.90. The number of cyclic esters (lactones) is 1. The van der Waals surface area contributed by atoms with Gasteiger partial charge in [0, 0.05) is 77.7 Å². The monoisotopic (exact) mass is 741 g/mol. The van der Waals surface area contributed by atoms with Gasteiger partial charge in [0.15, 0.2) is 0 Å². The highest BCUT2D eigenvalue weighted by atomic mass is 32.1. The van der Waals surface area contributed by atoms with Crippen molar-refractivity contribution < 1.29 is 23.9 Å². The number of likely N-dealkylation sites (tertiary alicyclic amines) is 1. The first-order chi connectivity index (χ1) is 25.4. The maximum atomic E-state index is 14.2. The van der Waals surface area contributed by atoms with Gasteiger partial charge in [-0.05, 0) is 83.2 Å². The summed E-state index contributed by atoms with van der Waals surface area (Å²) < 4.78 is 14.2. The molecular formula is C40H51N7O5S. The Morgan fingerprint density at radius 3 is 2.74 bits per heavy atom. The van der Waals surface area contributed by atoms with Gasteiger partial charge in [-0.25, -0.2) is 15.2 Å². The molecule has 2 N–H and O–H groups in total.